The Bertz CT molecular complexity index is 1090. The fraction of sp³-hybridized carbons (Fsp3) is 0.0556. The van der Waals surface area contributed by atoms with Crippen LogP contribution in [0.4, 0.5) is 0 Å². The zero-order valence-electron chi connectivity index (χ0n) is 12.9. The average molecular weight is 351 g/mol. The van der Waals surface area contributed by atoms with E-state index in [0.29, 0.717) is 16.6 Å². The van der Waals surface area contributed by atoms with Gasteiger partial charge in [0.15, 0.2) is 17.3 Å². The standard InChI is InChI=1S/C18H11ClN4O2/c19-13-4-1-11(2-5-13)17-21-18-20-8-7-14(23(18)22-17)12-3-6-15-16(9-12)25-10-24-15/h1-9H,10H2. The first-order valence-electron chi connectivity index (χ1n) is 7.66. The van der Waals surface area contributed by atoms with E-state index in [1.165, 1.54) is 0 Å². The minimum absolute atomic E-state index is 0.245. The number of aromatic nitrogens is 4. The van der Waals surface area contributed by atoms with Gasteiger partial charge in [-0.1, -0.05) is 11.6 Å². The second-order valence-electron chi connectivity index (χ2n) is 5.55. The summed E-state index contributed by atoms with van der Waals surface area (Å²) < 4.78 is 12.6. The predicted molar refractivity (Wildman–Crippen MR) is 92.8 cm³/mol. The Hall–Kier alpha value is -3.12. The minimum Gasteiger partial charge on any atom is -0.454 e. The molecule has 2 aromatic carbocycles. The fourth-order valence-corrected chi connectivity index (χ4v) is 2.92. The number of ether oxygens (including phenoxy) is 2. The van der Waals surface area contributed by atoms with E-state index in [-0.39, 0.29) is 6.79 Å². The number of benzene rings is 2. The Kier molecular flexibility index (Phi) is 3.11. The summed E-state index contributed by atoms with van der Waals surface area (Å²) in [5.74, 6) is 2.59. The van der Waals surface area contributed by atoms with Gasteiger partial charge in [-0.15, -0.1) is 5.10 Å². The molecule has 0 bridgehead atoms. The van der Waals surface area contributed by atoms with Crippen LogP contribution in [-0.4, -0.2) is 26.4 Å². The van der Waals surface area contributed by atoms with Crippen molar-refractivity contribution in [1.82, 2.24) is 19.6 Å². The zero-order chi connectivity index (χ0) is 16.8. The summed E-state index contributed by atoms with van der Waals surface area (Å²) in [5, 5.41) is 5.28. The van der Waals surface area contributed by atoms with E-state index in [9.17, 15) is 0 Å². The molecule has 6 nitrogen and oxygen atoms in total. The molecule has 0 fully saturated rings. The molecule has 5 rings (SSSR count). The molecule has 0 spiro atoms. The highest BCUT2D eigenvalue weighted by Crippen LogP contribution is 2.35. The van der Waals surface area contributed by atoms with Crippen molar-refractivity contribution in [3.63, 3.8) is 0 Å². The Morgan fingerprint density at radius 1 is 0.920 bits per heavy atom. The quantitative estimate of drug-likeness (QED) is 0.549. The highest BCUT2D eigenvalue weighted by atomic mass is 35.5. The smallest absolute Gasteiger partial charge is 0.253 e. The highest BCUT2D eigenvalue weighted by molar-refractivity contribution is 6.30. The second kappa shape index (κ2) is 5.46. The van der Waals surface area contributed by atoms with Gasteiger partial charge in [-0.05, 0) is 48.5 Å². The first-order valence-corrected chi connectivity index (χ1v) is 8.03. The summed E-state index contributed by atoms with van der Waals surface area (Å²) in [5.41, 5.74) is 2.70. The van der Waals surface area contributed by atoms with Crippen LogP contribution in [-0.2, 0) is 0 Å². The van der Waals surface area contributed by atoms with Gasteiger partial charge in [0.25, 0.3) is 5.78 Å². The van der Waals surface area contributed by atoms with Crippen LogP contribution in [0.5, 0.6) is 11.5 Å². The first-order chi connectivity index (χ1) is 12.3. The molecule has 3 heterocycles. The van der Waals surface area contributed by atoms with E-state index < -0.39 is 0 Å². The van der Waals surface area contributed by atoms with Crippen LogP contribution in [0.3, 0.4) is 0 Å². The van der Waals surface area contributed by atoms with E-state index in [1.807, 2.05) is 48.5 Å². The molecule has 2 aromatic heterocycles. The summed E-state index contributed by atoms with van der Waals surface area (Å²) in [4.78, 5) is 8.82. The van der Waals surface area contributed by atoms with Crippen molar-refractivity contribution in [3.8, 4) is 34.1 Å². The van der Waals surface area contributed by atoms with E-state index >= 15 is 0 Å². The van der Waals surface area contributed by atoms with E-state index in [0.717, 1.165) is 28.3 Å². The molecule has 0 atom stereocenters. The van der Waals surface area contributed by atoms with Crippen molar-refractivity contribution >= 4 is 17.4 Å². The lowest BCUT2D eigenvalue weighted by atomic mass is 10.1. The summed E-state index contributed by atoms with van der Waals surface area (Å²) >= 11 is 5.95. The molecule has 1 aliphatic rings. The minimum atomic E-state index is 0.245. The molecule has 0 radical (unpaired) electrons. The largest absolute Gasteiger partial charge is 0.454 e. The van der Waals surface area contributed by atoms with Crippen molar-refractivity contribution in [2.24, 2.45) is 0 Å². The summed E-state index contributed by atoms with van der Waals surface area (Å²) in [6.45, 7) is 0.245. The van der Waals surface area contributed by atoms with Gasteiger partial charge in [0.2, 0.25) is 6.79 Å². The maximum absolute atomic E-state index is 5.95. The molecule has 1 aliphatic heterocycles. The molecule has 0 aliphatic carbocycles. The Morgan fingerprint density at radius 2 is 1.72 bits per heavy atom. The molecular weight excluding hydrogens is 340 g/mol. The lowest BCUT2D eigenvalue weighted by Gasteiger charge is -2.04. The highest BCUT2D eigenvalue weighted by Gasteiger charge is 2.16. The SMILES string of the molecule is Clc1ccc(-c2nc3nccc(-c4ccc5c(c4)OCO5)n3n2)cc1. The lowest BCUT2D eigenvalue weighted by molar-refractivity contribution is 0.174. The zero-order valence-corrected chi connectivity index (χ0v) is 13.6. The molecule has 25 heavy (non-hydrogen) atoms. The van der Waals surface area contributed by atoms with Gasteiger partial charge in [0, 0.05) is 22.3 Å². The van der Waals surface area contributed by atoms with Crippen LogP contribution in [0, 0.1) is 0 Å². The van der Waals surface area contributed by atoms with Crippen molar-refractivity contribution < 1.29 is 9.47 Å². The van der Waals surface area contributed by atoms with Crippen LogP contribution in [0.15, 0.2) is 54.7 Å². The van der Waals surface area contributed by atoms with Gasteiger partial charge in [-0.3, -0.25) is 0 Å². The Balaban J connectivity index is 1.65. The van der Waals surface area contributed by atoms with E-state index in [4.69, 9.17) is 21.1 Å². The molecule has 7 heteroatoms. The maximum atomic E-state index is 5.95. The average Bonchev–Trinajstić information content (AvgIpc) is 3.28. The van der Waals surface area contributed by atoms with Crippen molar-refractivity contribution in [2.45, 2.75) is 0 Å². The molecule has 0 amide bonds. The van der Waals surface area contributed by atoms with Crippen molar-refractivity contribution in [1.29, 1.82) is 0 Å². The summed E-state index contributed by atoms with van der Waals surface area (Å²) in [6.07, 6.45) is 1.72. The molecular formula is C18H11ClN4O2. The number of nitrogens with zero attached hydrogens (tertiary/aromatic N) is 4. The van der Waals surface area contributed by atoms with Gasteiger partial charge < -0.3 is 9.47 Å². The molecule has 0 unspecified atom stereocenters. The van der Waals surface area contributed by atoms with Crippen LogP contribution >= 0.6 is 11.6 Å². The van der Waals surface area contributed by atoms with Crippen LogP contribution in [0.2, 0.25) is 5.02 Å². The van der Waals surface area contributed by atoms with Gasteiger partial charge in [0.05, 0.1) is 5.69 Å². The topological polar surface area (TPSA) is 61.5 Å². The Morgan fingerprint density at radius 3 is 2.60 bits per heavy atom. The maximum Gasteiger partial charge on any atom is 0.253 e. The number of rotatable bonds is 2. The van der Waals surface area contributed by atoms with Crippen LogP contribution < -0.4 is 9.47 Å². The predicted octanol–water partition coefficient (Wildman–Crippen LogP) is 3.84. The summed E-state index contributed by atoms with van der Waals surface area (Å²) in [6, 6.07) is 15.1. The van der Waals surface area contributed by atoms with Gasteiger partial charge in [-0.25, -0.2) is 4.98 Å². The van der Waals surface area contributed by atoms with Gasteiger partial charge in [0.1, 0.15) is 0 Å². The fourth-order valence-electron chi connectivity index (χ4n) is 2.79. The van der Waals surface area contributed by atoms with Crippen LogP contribution in [0.1, 0.15) is 0 Å². The van der Waals surface area contributed by atoms with Gasteiger partial charge in [-0.2, -0.15) is 9.50 Å². The third kappa shape index (κ3) is 2.38. The first kappa shape index (κ1) is 14.2. The number of hydrogen-bond acceptors (Lipinski definition) is 5. The second-order valence-corrected chi connectivity index (χ2v) is 5.99. The molecule has 0 N–H and O–H groups in total. The summed E-state index contributed by atoms with van der Waals surface area (Å²) in [7, 11) is 0. The lowest BCUT2D eigenvalue weighted by Crippen LogP contribution is -1.96. The Labute approximate surface area is 147 Å². The van der Waals surface area contributed by atoms with Crippen molar-refractivity contribution in [2.75, 3.05) is 6.79 Å². The molecule has 0 saturated heterocycles. The van der Waals surface area contributed by atoms with E-state index in [2.05, 4.69) is 15.1 Å². The third-order valence-electron chi connectivity index (χ3n) is 4.01. The normalized spacial score (nSPS) is 12.7. The van der Waals surface area contributed by atoms with Crippen molar-refractivity contribution in [3.05, 3.63) is 59.8 Å². The molecule has 4 aromatic rings. The molecule has 0 saturated carbocycles. The number of halogens is 1. The monoisotopic (exact) mass is 350 g/mol. The van der Waals surface area contributed by atoms with Crippen LogP contribution in [0.25, 0.3) is 28.4 Å². The van der Waals surface area contributed by atoms with E-state index in [1.54, 1.807) is 10.7 Å². The van der Waals surface area contributed by atoms with Gasteiger partial charge >= 0.3 is 0 Å². The number of fused-ring (bicyclic) bond motifs is 2. The number of hydrogen-bond donors (Lipinski definition) is 0. The third-order valence-corrected chi connectivity index (χ3v) is 4.26. The molecule has 122 valence electrons.